The van der Waals surface area contributed by atoms with Crippen LogP contribution in [0.15, 0.2) is 42.5 Å². The maximum Gasteiger partial charge on any atom is 0.325 e. The SMILES string of the molecule is C[C@@]1(c2ccc3c(c2)CCC3)NC(=O)N(CC(=O)N[C@H]2CCCc3ccccc32)C1=O. The minimum absolute atomic E-state index is 0.0821. The average molecular weight is 418 g/mol. The molecule has 3 aliphatic rings. The van der Waals surface area contributed by atoms with Gasteiger partial charge in [-0.3, -0.25) is 14.5 Å². The van der Waals surface area contributed by atoms with Crippen molar-refractivity contribution < 1.29 is 14.4 Å². The number of fused-ring (bicyclic) bond motifs is 2. The number of rotatable bonds is 4. The molecule has 1 saturated heterocycles. The van der Waals surface area contributed by atoms with Gasteiger partial charge in [-0.25, -0.2) is 4.79 Å². The molecule has 0 bridgehead atoms. The number of carbonyl (C=O) groups is 3. The molecule has 1 aliphatic heterocycles. The van der Waals surface area contributed by atoms with E-state index in [1.807, 2.05) is 30.3 Å². The Labute approximate surface area is 182 Å². The van der Waals surface area contributed by atoms with Gasteiger partial charge >= 0.3 is 6.03 Å². The van der Waals surface area contributed by atoms with Crippen LogP contribution in [0.25, 0.3) is 0 Å². The van der Waals surface area contributed by atoms with Crippen LogP contribution in [0.1, 0.15) is 60.0 Å². The van der Waals surface area contributed by atoms with Gasteiger partial charge in [0.2, 0.25) is 5.91 Å². The van der Waals surface area contributed by atoms with Gasteiger partial charge in [-0.2, -0.15) is 0 Å². The Morgan fingerprint density at radius 2 is 1.84 bits per heavy atom. The fraction of sp³-hybridized carbons (Fsp3) is 0.400. The molecule has 2 aromatic rings. The Morgan fingerprint density at radius 1 is 1.06 bits per heavy atom. The van der Waals surface area contributed by atoms with Crippen molar-refractivity contribution in [2.24, 2.45) is 0 Å². The minimum atomic E-state index is -1.15. The average Bonchev–Trinajstić information content (AvgIpc) is 3.32. The highest BCUT2D eigenvalue weighted by Crippen LogP contribution is 2.33. The van der Waals surface area contributed by atoms with Crippen molar-refractivity contribution in [2.75, 3.05) is 6.54 Å². The van der Waals surface area contributed by atoms with Gasteiger partial charge in [0.25, 0.3) is 5.91 Å². The molecule has 1 heterocycles. The first-order valence-electron chi connectivity index (χ1n) is 11.1. The zero-order valence-corrected chi connectivity index (χ0v) is 17.7. The minimum Gasteiger partial charge on any atom is -0.348 e. The summed E-state index contributed by atoms with van der Waals surface area (Å²) in [5.41, 5.74) is 4.56. The van der Waals surface area contributed by atoms with Gasteiger partial charge in [-0.05, 0) is 73.3 Å². The summed E-state index contributed by atoms with van der Waals surface area (Å²) in [6.07, 6.45) is 6.04. The molecule has 2 aromatic carbocycles. The Morgan fingerprint density at radius 3 is 2.71 bits per heavy atom. The molecular formula is C25H27N3O3. The van der Waals surface area contributed by atoms with Gasteiger partial charge < -0.3 is 10.6 Å². The van der Waals surface area contributed by atoms with Crippen molar-refractivity contribution in [2.45, 2.75) is 57.0 Å². The predicted molar refractivity (Wildman–Crippen MR) is 116 cm³/mol. The molecule has 4 amide bonds. The smallest absolute Gasteiger partial charge is 0.325 e. The van der Waals surface area contributed by atoms with Gasteiger partial charge in [-0.1, -0.05) is 42.5 Å². The van der Waals surface area contributed by atoms with Crippen LogP contribution in [-0.2, 0) is 34.4 Å². The highest BCUT2D eigenvalue weighted by atomic mass is 16.2. The summed E-state index contributed by atoms with van der Waals surface area (Å²) in [6, 6.07) is 13.5. The maximum atomic E-state index is 13.2. The summed E-state index contributed by atoms with van der Waals surface area (Å²) in [6.45, 7) is 1.45. The van der Waals surface area contributed by atoms with E-state index in [9.17, 15) is 14.4 Å². The summed E-state index contributed by atoms with van der Waals surface area (Å²) in [5.74, 6) is -0.696. The number of carbonyl (C=O) groups excluding carboxylic acids is 3. The number of benzene rings is 2. The molecule has 0 spiro atoms. The van der Waals surface area contributed by atoms with Crippen LogP contribution in [-0.4, -0.2) is 29.3 Å². The third-order valence-electron chi connectivity index (χ3n) is 6.96. The van der Waals surface area contributed by atoms with Crippen molar-refractivity contribution in [3.63, 3.8) is 0 Å². The molecule has 1 fully saturated rings. The van der Waals surface area contributed by atoms with E-state index in [1.165, 1.54) is 16.7 Å². The van der Waals surface area contributed by atoms with E-state index in [-0.39, 0.29) is 24.4 Å². The summed E-state index contributed by atoms with van der Waals surface area (Å²) in [5, 5.41) is 5.85. The highest BCUT2D eigenvalue weighted by molar-refractivity contribution is 6.09. The molecular weight excluding hydrogens is 390 g/mol. The van der Waals surface area contributed by atoms with Crippen LogP contribution in [0.2, 0.25) is 0 Å². The zero-order chi connectivity index (χ0) is 21.6. The number of imide groups is 1. The van der Waals surface area contributed by atoms with Crippen molar-refractivity contribution in [3.05, 3.63) is 70.3 Å². The first kappa shape index (κ1) is 19.8. The van der Waals surface area contributed by atoms with Gasteiger partial charge in [-0.15, -0.1) is 0 Å². The molecule has 2 aliphatic carbocycles. The van der Waals surface area contributed by atoms with Crippen molar-refractivity contribution >= 4 is 17.8 Å². The lowest BCUT2D eigenvalue weighted by atomic mass is 9.88. The van der Waals surface area contributed by atoms with Gasteiger partial charge in [0.1, 0.15) is 12.1 Å². The number of aryl methyl sites for hydroxylation is 3. The van der Waals surface area contributed by atoms with Crippen LogP contribution in [0.5, 0.6) is 0 Å². The fourth-order valence-electron chi connectivity index (χ4n) is 5.21. The van der Waals surface area contributed by atoms with Crippen LogP contribution in [0, 0.1) is 0 Å². The molecule has 0 unspecified atom stereocenters. The van der Waals surface area contributed by atoms with E-state index in [2.05, 4.69) is 22.8 Å². The highest BCUT2D eigenvalue weighted by Gasteiger charge is 2.49. The largest absolute Gasteiger partial charge is 0.348 e. The molecule has 6 nitrogen and oxygen atoms in total. The second kappa shape index (κ2) is 7.52. The van der Waals surface area contributed by atoms with E-state index < -0.39 is 11.6 Å². The van der Waals surface area contributed by atoms with Crippen molar-refractivity contribution in [1.82, 2.24) is 15.5 Å². The monoisotopic (exact) mass is 417 g/mol. The molecule has 0 aromatic heterocycles. The molecule has 160 valence electrons. The van der Waals surface area contributed by atoms with E-state index in [0.717, 1.165) is 54.6 Å². The molecule has 31 heavy (non-hydrogen) atoms. The van der Waals surface area contributed by atoms with Crippen LogP contribution in [0.4, 0.5) is 4.79 Å². The Kier molecular flexibility index (Phi) is 4.80. The molecule has 2 atom stereocenters. The number of hydrogen-bond acceptors (Lipinski definition) is 3. The number of hydrogen-bond donors (Lipinski definition) is 2. The van der Waals surface area contributed by atoms with Crippen LogP contribution in [0.3, 0.4) is 0 Å². The number of amides is 4. The van der Waals surface area contributed by atoms with Crippen LogP contribution < -0.4 is 10.6 Å². The van der Waals surface area contributed by atoms with Gasteiger partial charge in [0, 0.05) is 0 Å². The topological polar surface area (TPSA) is 78.5 Å². The zero-order valence-electron chi connectivity index (χ0n) is 17.7. The molecule has 5 rings (SSSR count). The lowest BCUT2D eigenvalue weighted by Crippen LogP contribution is -2.44. The molecule has 0 saturated carbocycles. The lowest BCUT2D eigenvalue weighted by Gasteiger charge is -2.27. The Balaban J connectivity index is 1.31. The first-order valence-corrected chi connectivity index (χ1v) is 11.1. The summed E-state index contributed by atoms with van der Waals surface area (Å²) < 4.78 is 0. The third-order valence-corrected chi connectivity index (χ3v) is 6.96. The van der Waals surface area contributed by atoms with E-state index >= 15 is 0 Å². The predicted octanol–water partition coefficient (Wildman–Crippen LogP) is 3.14. The normalized spacial score (nSPS) is 24.5. The second-order valence-electron chi connectivity index (χ2n) is 8.99. The maximum absolute atomic E-state index is 13.2. The summed E-state index contributed by atoms with van der Waals surface area (Å²) >= 11 is 0. The molecule has 0 radical (unpaired) electrons. The van der Waals surface area contributed by atoms with E-state index in [4.69, 9.17) is 0 Å². The number of nitrogens with zero attached hydrogens (tertiary/aromatic N) is 1. The quantitative estimate of drug-likeness (QED) is 0.751. The van der Waals surface area contributed by atoms with E-state index in [1.54, 1.807) is 6.92 Å². The summed E-state index contributed by atoms with van der Waals surface area (Å²) in [4.78, 5) is 39.7. The van der Waals surface area contributed by atoms with Crippen molar-refractivity contribution in [3.8, 4) is 0 Å². The molecule has 6 heteroatoms. The van der Waals surface area contributed by atoms with Gasteiger partial charge in [0.15, 0.2) is 0 Å². The third kappa shape index (κ3) is 3.40. The van der Waals surface area contributed by atoms with Gasteiger partial charge in [0.05, 0.1) is 6.04 Å². The van der Waals surface area contributed by atoms with Crippen molar-refractivity contribution in [1.29, 1.82) is 0 Å². The van der Waals surface area contributed by atoms with E-state index in [0.29, 0.717) is 0 Å². The van der Waals surface area contributed by atoms with Crippen LogP contribution >= 0.6 is 0 Å². The number of urea groups is 1. The number of nitrogens with one attached hydrogen (secondary N) is 2. The standard InChI is InChI=1S/C25H27N3O3/c1-25(19-13-12-16-7-4-9-18(16)14-19)23(30)28(24(31)27-25)15-22(29)26-21-11-5-8-17-6-2-3-10-20(17)21/h2-3,6,10,12-14,21H,4-5,7-9,11,15H2,1H3,(H,26,29)(H,27,31)/t21-,25-/m0/s1. The first-order chi connectivity index (χ1) is 15.0. The lowest BCUT2D eigenvalue weighted by molar-refractivity contribution is -0.135. The Hall–Kier alpha value is -3.15. The fourth-order valence-corrected chi connectivity index (χ4v) is 5.21. The Bertz CT molecular complexity index is 1080. The molecule has 2 N–H and O–H groups in total. The second-order valence-corrected chi connectivity index (χ2v) is 8.99. The summed E-state index contributed by atoms with van der Waals surface area (Å²) in [7, 11) is 0.